The molecule has 2 N–H and O–H groups in total. The van der Waals surface area contributed by atoms with E-state index in [1.807, 2.05) is 25.1 Å². The molecule has 1 fully saturated rings. The molecule has 4 heteroatoms. The van der Waals surface area contributed by atoms with Gasteiger partial charge in [-0.05, 0) is 37.0 Å². The molecule has 3 rings (SSSR count). The highest BCUT2D eigenvalue weighted by molar-refractivity contribution is 5.77. The molecular formula is C15H18N2O2. The normalized spacial score (nSPS) is 15.3. The van der Waals surface area contributed by atoms with Crippen molar-refractivity contribution in [2.75, 3.05) is 12.8 Å². The zero-order valence-corrected chi connectivity index (χ0v) is 11.3. The Hall–Kier alpha value is -1.97. The van der Waals surface area contributed by atoms with Gasteiger partial charge in [0.1, 0.15) is 11.5 Å². The van der Waals surface area contributed by atoms with Gasteiger partial charge in [0.2, 0.25) is 0 Å². The zero-order chi connectivity index (χ0) is 13.4. The van der Waals surface area contributed by atoms with E-state index in [1.165, 1.54) is 6.42 Å². The summed E-state index contributed by atoms with van der Waals surface area (Å²) in [7, 11) is 1.68. The molecule has 0 spiro atoms. The molecular weight excluding hydrogens is 240 g/mol. The van der Waals surface area contributed by atoms with Gasteiger partial charge in [0.25, 0.3) is 0 Å². The van der Waals surface area contributed by atoms with Crippen molar-refractivity contribution in [2.45, 2.75) is 32.1 Å². The second-order valence-corrected chi connectivity index (χ2v) is 5.12. The number of hydrogen-bond acceptors (Lipinski definition) is 4. The molecule has 1 aromatic carbocycles. The smallest absolute Gasteiger partial charge is 0.175 e. The summed E-state index contributed by atoms with van der Waals surface area (Å²) in [6, 6.07) is 6.08. The minimum Gasteiger partial charge on any atom is -0.496 e. The van der Waals surface area contributed by atoms with E-state index in [0.29, 0.717) is 11.7 Å². The predicted molar refractivity (Wildman–Crippen MR) is 74.2 cm³/mol. The van der Waals surface area contributed by atoms with Crippen LogP contribution in [0.3, 0.4) is 0 Å². The van der Waals surface area contributed by atoms with Crippen LogP contribution in [-0.2, 0) is 0 Å². The molecule has 1 aliphatic rings. The number of nitrogen functional groups attached to an aromatic ring is 1. The highest BCUT2D eigenvalue weighted by Gasteiger charge is 2.29. The van der Waals surface area contributed by atoms with Crippen LogP contribution < -0.4 is 10.5 Å². The SMILES string of the molecule is COc1cc(-c2c(N)noc2C2CCC2)ccc1C. The summed E-state index contributed by atoms with van der Waals surface area (Å²) in [6.07, 6.45) is 3.57. The largest absolute Gasteiger partial charge is 0.496 e. The molecule has 4 nitrogen and oxygen atoms in total. The van der Waals surface area contributed by atoms with Gasteiger partial charge >= 0.3 is 0 Å². The first-order valence-corrected chi connectivity index (χ1v) is 6.60. The van der Waals surface area contributed by atoms with Crippen molar-refractivity contribution < 1.29 is 9.26 Å². The summed E-state index contributed by atoms with van der Waals surface area (Å²) < 4.78 is 10.8. The second-order valence-electron chi connectivity index (χ2n) is 5.12. The molecule has 0 radical (unpaired) electrons. The maximum absolute atomic E-state index is 5.97. The fourth-order valence-corrected chi connectivity index (χ4v) is 2.53. The third-order valence-corrected chi connectivity index (χ3v) is 3.92. The van der Waals surface area contributed by atoms with Gasteiger partial charge in [-0.25, -0.2) is 0 Å². The Balaban J connectivity index is 2.08. The Labute approximate surface area is 112 Å². The van der Waals surface area contributed by atoms with Crippen molar-refractivity contribution in [1.82, 2.24) is 5.16 Å². The second kappa shape index (κ2) is 4.61. The van der Waals surface area contributed by atoms with E-state index < -0.39 is 0 Å². The van der Waals surface area contributed by atoms with Crippen LogP contribution in [0.2, 0.25) is 0 Å². The summed E-state index contributed by atoms with van der Waals surface area (Å²) in [5, 5.41) is 3.94. The van der Waals surface area contributed by atoms with Crippen LogP contribution in [0.5, 0.6) is 5.75 Å². The van der Waals surface area contributed by atoms with Crippen LogP contribution >= 0.6 is 0 Å². The van der Waals surface area contributed by atoms with Gasteiger partial charge in [0.05, 0.1) is 12.7 Å². The molecule has 1 aliphatic carbocycles. The van der Waals surface area contributed by atoms with E-state index in [1.54, 1.807) is 7.11 Å². The van der Waals surface area contributed by atoms with Crippen molar-refractivity contribution in [3.8, 4) is 16.9 Å². The fraction of sp³-hybridized carbons (Fsp3) is 0.400. The summed E-state index contributed by atoms with van der Waals surface area (Å²) in [4.78, 5) is 0. The van der Waals surface area contributed by atoms with E-state index in [9.17, 15) is 0 Å². The molecule has 0 saturated heterocycles. The van der Waals surface area contributed by atoms with Crippen LogP contribution in [-0.4, -0.2) is 12.3 Å². The van der Waals surface area contributed by atoms with E-state index in [2.05, 4.69) is 5.16 Å². The topological polar surface area (TPSA) is 61.3 Å². The van der Waals surface area contributed by atoms with Gasteiger partial charge in [-0.3, -0.25) is 0 Å². The predicted octanol–water partition coefficient (Wildman–Crippen LogP) is 3.51. The van der Waals surface area contributed by atoms with Gasteiger partial charge in [-0.15, -0.1) is 0 Å². The summed E-state index contributed by atoms with van der Waals surface area (Å²) in [5.74, 6) is 2.72. The number of ether oxygens (including phenoxy) is 1. The van der Waals surface area contributed by atoms with Gasteiger partial charge in [-0.2, -0.15) is 0 Å². The molecule has 0 amide bonds. The van der Waals surface area contributed by atoms with E-state index in [0.717, 1.165) is 41.0 Å². The summed E-state index contributed by atoms with van der Waals surface area (Å²) in [5.41, 5.74) is 9.03. The fourth-order valence-electron chi connectivity index (χ4n) is 2.53. The van der Waals surface area contributed by atoms with Crippen LogP contribution in [0.1, 0.15) is 36.5 Å². The van der Waals surface area contributed by atoms with Gasteiger partial charge in [-0.1, -0.05) is 23.7 Å². The maximum Gasteiger partial charge on any atom is 0.175 e. The lowest BCUT2D eigenvalue weighted by atomic mass is 9.81. The third-order valence-electron chi connectivity index (χ3n) is 3.92. The average Bonchev–Trinajstić information content (AvgIpc) is 2.70. The standard InChI is InChI=1S/C15H18N2O2/c1-9-6-7-11(8-12(9)18-2)13-14(10-4-3-5-10)19-17-15(13)16/h6-8,10H,3-5H2,1-2H3,(H2,16,17). The van der Waals surface area contributed by atoms with Crippen LogP contribution in [0.4, 0.5) is 5.82 Å². The van der Waals surface area contributed by atoms with E-state index in [4.69, 9.17) is 15.0 Å². The molecule has 1 saturated carbocycles. The van der Waals surface area contributed by atoms with Gasteiger partial charge < -0.3 is 15.0 Å². The minimum atomic E-state index is 0.465. The molecule has 1 aromatic heterocycles. The number of aromatic nitrogens is 1. The molecule has 0 unspecified atom stereocenters. The first-order chi connectivity index (χ1) is 9.20. The van der Waals surface area contributed by atoms with Crippen LogP contribution in [0.15, 0.2) is 22.7 Å². The van der Waals surface area contributed by atoms with Crippen molar-refractivity contribution in [3.63, 3.8) is 0 Å². The lowest BCUT2D eigenvalue weighted by molar-refractivity contribution is 0.302. The lowest BCUT2D eigenvalue weighted by Crippen LogP contribution is -2.09. The number of rotatable bonds is 3. The minimum absolute atomic E-state index is 0.465. The Morgan fingerprint density at radius 3 is 2.79 bits per heavy atom. The van der Waals surface area contributed by atoms with E-state index >= 15 is 0 Å². The molecule has 19 heavy (non-hydrogen) atoms. The number of nitrogens with zero attached hydrogens (tertiary/aromatic N) is 1. The first kappa shape index (κ1) is 12.1. The maximum atomic E-state index is 5.97. The number of methoxy groups -OCH3 is 1. The highest BCUT2D eigenvalue weighted by atomic mass is 16.5. The number of aryl methyl sites for hydroxylation is 1. The first-order valence-electron chi connectivity index (χ1n) is 6.60. The highest BCUT2D eigenvalue weighted by Crippen LogP contribution is 2.44. The number of nitrogens with two attached hydrogens (primary N) is 1. The average molecular weight is 258 g/mol. The number of hydrogen-bond donors (Lipinski definition) is 1. The summed E-state index contributed by atoms with van der Waals surface area (Å²) >= 11 is 0. The molecule has 0 bridgehead atoms. The van der Waals surface area contributed by atoms with Crippen molar-refractivity contribution in [2.24, 2.45) is 0 Å². The third kappa shape index (κ3) is 1.97. The van der Waals surface area contributed by atoms with Crippen molar-refractivity contribution in [3.05, 3.63) is 29.5 Å². The Morgan fingerprint density at radius 2 is 2.16 bits per heavy atom. The van der Waals surface area contributed by atoms with E-state index in [-0.39, 0.29) is 0 Å². The quantitative estimate of drug-likeness (QED) is 0.915. The monoisotopic (exact) mass is 258 g/mol. The molecule has 2 aromatic rings. The Morgan fingerprint density at radius 1 is 1.37 bits per heavy atom. The molecule has 100 valence electrons. The number of anilines is 1. The van der Waals surface area contributed by atoms with Crippen LogP contribution in [0, 0.1) is 6.92 Å². The Bertz CT molecular complexity index is 600. The van der Waals surface area contributed by atoms with Gasteiger partial charge in [0.15, 0.2) is 5.82 Å². The lowest BCUT2D eigenvalue weighted by Gasteiger charge is -2.23. The van der Waals surface area contributed by atoms with Crippen LogP contribution in [0.25, 0.3) is 11.1 Å². The van der Waals surface area contributed by atoms with Crippen molar-refractivity contribution in [1.29, 1.82) is 0 Å². The van der Waals surface area contributed by atoms with Gasteiger partial charge in [0, 0.05) is 5.92 Å². The summed E-state index contributed by atoms with van der Waals surface area (Å²) in [6.45, 7) is 2.02. The van der Waals surface area contributed by atoms with Crippen molar-refractivity contribution >= 4 is 5.82 Å². The Kier molecular flexibility index (Phi) is 2.93. The molecule has 0 atom stereocenters. The molecule has 1 heterocycles. The number of benzene rings is 1. The zero-order valence-electron chi connectivity index (χ0n) is 11.3. The molecule has 0 aliphatic heterocycles.